The minimum Gasteiger partial charge on any atom is -0.482 e. The summed E-state index contributed by atoms with van der Waals surface area (Å²) in [6.45, 7) is 3.72. The molecule has 3 N–H and O–H groups in total. The zero-order valence-electron chi connectivity index (χ0n) is 13.6. The van der Waals surface area contributed by atoms with Crippen LogP contribution in [0, 0.1) is 6.92 Å². The third-order valence-corrected chi connectivity index (χ3v) is 4.76. The van der Waals surface area contributed by atoms with E-state index < -0.39 is 0 Å². The van der Waals surface area contributed by atoms with E-state index in [9.17, 15) is 9.59 Å². The Morgan fingerprint density at radius 3 is 3.00 bits per heavy atom. The summed E-state index contributed by atoms with van der Waals surface area (Å²) in [6, 6.07) is 5.25. The van der Waals surface area contributed by atoms with Crippen molar-refractivity contribution in [3.8, 4) is 5.75 Å². The van der Waals surface area contributed by atoms with Crippen molar-refractivity contribution in [2.45, 2.75) is 19.9 Å². The number of nitrogens with zero attached hydrogens (tertiary/aromatic N) is 1. The summed E-state index contributed by atoms with van der Waals surface area (Å²) >= 11 is 1.26. The van der Waals surface area contributed by atoms with Gasteiger partial charge in [0, 0.05) is 7.05 Å². The topological polar surface area (TPSA) is 92.4 Å². The van der Waals surface area contributed by atoms with Crippen LogP contribution in [0.3, 0.4) is 0 Å². The number of fused-ring (bicyclic) bond motifs is 1. The Balaban J connectivity index is 1.78. The summed E-state index contributed by atoms with van der Waals surface area (Å²) in [4.78, 5) is 24.0. The van der Waals surface area contributed by atoms with Gasteiger partial charge in [-0.3, -0.25) is 9.59 Å². The van der Waals surface area contributed by atoms with Crippen LogP contribution in [-0.2, 0) is 4.79 Å². The van der Waals surface area contributed by atoms with E-state index in [-0.39, 0.29) is 24.5 Å². The number of nitrogens with one attached hydrogen (secondary N) is 3. The number of hydrogen-bond acceptors (Lipinski definition) is 6. The first-order chi connectivity index (χ1) is 11.5. The second-order valence-electron chi connectivity index (χ2n) is 5.51. The molecule has 1 aromatic heterocycles. The monoisotopic (exact) mass is 346 g/mol. The van der Waals surface area contributed by atoms with Crippen LogP contribution in [0.2, 0.25) is 0 Å². The number of carbonyl (C=O) groups excluding carboxylic acids is 2. The number of ether oxygens (including phenoxy) is 1. The molecule has 3 rings (SSSR count). The van der Waals surface area contributed by atoms with Gasteiger partial charge in [-0.25, -0.2) is 0 Å². The number of carbonyl (C=O) groups is 2. The second-order valence-corrected chi connectivity index (χ2v) is 6.28. The normalized spacial score (nSPS) is 14.2. The van der Waals surface area contributed by atoms with Crippen molar-refractivity contribution >= 4 is 34.0 Å². The lowest BCUT2D eigenvalue weighted by molar-refractivity contribution is -0.118. The quantitative estimate of drug-likeness (QED) is 0.790. The molecule has 0 radical (unpaired) electrons. The van der Waals surface area contributed by atoms with Crippen LogP contribution < -0.4 is 20.7 Å². The molecule has 1 aliphatic heterocycles. The van der Waals surface area contributed by atoms with Gasteiger partial charge in [0.25, 0.3) is 11.8 Å². The summed E-state index contributed by atoms with van der Waals surface area (Å²) in [5, 5.41) is 9.46. The van der Waals surface area contributed by atoms with Crippen LogP contribution in [0.15, 0.2) is 18.2 Å². The van der Waals surface area contributed by atoms with Crippen LogP contribution in [-0.4, -0.2) is 29.8 Å². The maximum absolute atomic E-state index is 12.6. The Bertz CT molecular complexity index is 803. The molecule has 0 bridgehead atoms. The predicted molar refractivity (Wildman–Crippen MR) is 92.8 cm³/mol. The van der Waals surface area contributed by atoms with Gasteiger partial charge in [-0.05, 0) is 43.1 Å². The summed E-state index contributed by atoms with van der Waals surface area (Å²) in [5.74, 6) is 0.262. The molecule has 1 atom stereocenters. The number of aromatic nitrogens is 1. The minimum atomic E-state index is -0.231. The first-order valence-electron chi connectivity index (χ1n) is 7.51. The molecule has 1 aliphatic rings. The molecular formula is C16H18N4O3S. The van der Waals surface area contributed by atoms with E-state index in [4.69, 9.17) is 4.74 Å². The van der Waals surface area contributed by atoms with E-state index in [1.807, 2.05) is 26.0 Å². The molecule has 0 saturated carbocycles. The molecule has 1 aromatic carbocycles. The molecule has 1 unspecified atom stereocenters. The first-order valence-corrected chi connectivity index (χ1v) is 8.28. The lowest BCUT2D eigenvalue weighted by atomic mass is 10.1. The highest BCUT2D eigenvalue weighted by molar-refractivity contribution is 7.10. The van der Waals surface area contributed by atoms with Crippen LogP contribution in [0.25, 0.3) is 0 Å². The number of rotatable bonds is 4. The van der Waals surface area contributed by atoms with Crippen LogP contribution in [0.4, 0.5) is 10.7 Å². The highest BCUT2D eigenvalue weighted by atomic mass is 32.1. The second kappa shape index (κ2) is 6.48. The largest absolute Gasteiger partial charge is 0.482 e. The van der Waals surface area contributed by atoms with Crippen molar-refractivity contribution in [2.75, 3.05) is 24.3 Å². The molecule has 0 aliphatic carbocycles. The summed E-state index contributed by atoms with van der Waals surface area (Å²) in [5.41, 5.74) is 2.75. The predicted octanol–water partition coefficient (Wildman–Crippen LogP) is 2.32. The molecule has 2 amide bonds. The van der Waals surface area contributed by atoms with E-state index in [1.165, 1.54) is 11.5 Å². The van der Waals surface area contributed by atoms with Crippen molar-refractivity contribution in [3.63, 3.8) is 0 Å². The number of aryl methyl sites for hydroxylation is 1. The molecule has 0 spiro atoms. The van der Waals surface area contributed by atoms with E-state index >= 15 is 0 Å². The van der Waals surface area contributed by atoms with Gasteiger partial charge < -0.3 is 20.7 Å². The van der Waals surface area contributed by atoms with Crippen molar-refractivity contribution < 1.29 is 14.3 Å². The number of hydrogen-bond donors (Lipinski definition) is 3. The van der Waals surface area contributed by atoms with Gasteiger partial charge in [0.15, 0.2) is 6.61 Å². The molecule has 2 heterocycles. The highest BCUT2D eigenvalue weighted by Gasteiger charge is 2.21. The molecule has 7 nitrogen and oxygen atoms in total. The first kappa shape index (κ1) is 16.3. The summed E-state index contributed by atoms with van der Waals surface area (Å²) in [6.07, 6.45) is 0. The Morgan fingerprint density at radius 2 is 2.25 bits per heavy atom. The lowest BCUT2D eigenvalue weighted by Gasteiger charge is -2.21. The third-order valence-electron chi connectivity index (χ3n) is 3.80. The number of amides is 2. The highest BCUT2D eigenvalue weighted by Crippen LogP contribution is 2.31. The van der Waals surface area contributed by atoms with Gasteiger partial charge in [-0.15, -0.1) is 0 Å². The fourth-order valence-corrected chi connectivity index (χ4v) is 3.27. The fourth-order valence-electron chi connectivity index (χ4n) is 2.53. The van der Waals surface area contributed by atoms with Crippen molar-refractivity contribution in [1.82, 2.24) is 9.69 Å². The molecule has 24 heavy (non-hydrogen) atoms. The molecule has 126 valence electrons. The summed E-state index contributed by atoms with van der Waals surface area (Å²) in [7, 11) is 1.76. The summed E-state index contributed by atoms with van der Waals surface area (Å²) < 4.78 is 9.55. The molecule has 0 fully saturated rings. The van der Waals surface area contributed by atoms with E-state index in [2.05, 4.69) is 20.3 Å². The smallest absolute Gasteiger partial charge is 0.262 e. The molecule has 2 aromatic rings. The van der Waals surface area contributed by atoms with Gasteiger partial charge in [-0.1, -0.05) is 6.07 Å². The number of benzene rings is 1. The van der Waals surface area contributed by atoms with E-state index in [1.54, 1.807) is 13.1 Å². The Morgan fingerprint density at radius 1 is 1.46 bits per heavy atom. The standard InChI is InChI=1S/C16H18N4O3S/c1-8(18-15(22)14-9(2)20-24-16(14)17-3)10-4-5-12-11(6-10)19-13(21)7-23-12/h4-6,8,17H,7H2,1-3H3,(H,18,22)(H,19,21). The van der Waals surface area contributed by atoms with E-state index in [0.29, 0.717) is 22.7 Å². The van der Waals surface area contributed by atoms with Crippen molar-refractivity contribution in [1.29, 1.82) is 0 Å². The van der Waals surface area contributed by atoms with Gasteiger partial charge in [0.1, 0.15) is 10.8 Å². The maximum Gasteiger partial charge on any atom is 0.262 e. The van der Waals surface area contributed by atoms with Crippen molar-refractivity contribution in [3.05, 3.63) is 35.0 Å². The average Bonchev–Trinajstić information content (AvgIpc) is 2.94. The average molecular weight is 346 g/mol. The fraction of sp³-hybridized carbons (Fsp3) is 0.312. The zero-order valence-corrected chi connectivity index (χ0v) is 14.4. The lowest BCUT2D eigenvalue weighted by Crippen LogP contribution is -2.28. The molecule has 0 saturated heterocycles. The van der Waals surface area contributed by atoms with Crippen LogP contribution in [0.1, 0.15) is 34.6 Å². The van der Waals surface area contributed by atoms with Crippen LogP contribution in [0.5, 0.6) is 5.75 Å². The zero-order chi connectivity index (χ0) is 17.3. The Hall–Kier alpha value is -2.61. The van der Waals surface area contributed by atoms with E-state index in [0.717, 1.165) is 10.6 Å². The third kappa shape index (κ3) is 3.05. The maximum atomic E-state index is 12.6. The van der Waals surface area contributed by atoms with Gasteiger partial charge in [-0.2, -0.15) is 4.37 Å². The SMILES string of the molecule is CNc1snc(C)c1C(=O)NC(C)c1ccc2c(c1)NC(=O)CO2. The van der Waals surface area contributed by atoms with Gasteiger partial charge in [0.2, 0.25) is 0 Å². The van der Waals surface area contributed by atoms with Crippen molar-refractivity contribution in [2.24, 2.45) is 0 Å². The Kier molecular flexibility index (Phi) is 4.39. The molecular weight excluding hydrogens is 328 g/mol. The number of anilines is 2. The van der Waals surface area contributed by atoms with Gasteiger partial charge >= 0.3 is 0 Å². The van der Waals surface area contributed by atoms with Gasteiger partial charge in [0.05, 0.1) is 23.0 Å². The van der Waals surface area contributed by atoms with Crippen LogP contribution >= 0.6 is 11.5 Å². The Labute approximate surface area is 143 Å². The molecule has 8 heteroatoms. The minimum absolute atomic E-state index is 0.0237.